The van der Waals surface area contributed by atoms with Crippen LogP contribution in [0.2, 0.25) is 0 Å². The van der Waals surface area contributed by atoms with Gasteiger partial charge in [-0.15, -0.1) is 0 Å². The van der Waals surface area contributed by atoms with E-state index < -0.39 is 12.1 Å². The number of carbonyl (C=O) groups excluding carboxylic acids is 1. The first-order chi connectivity index (χ1) is 9.80. The predicted molar refractivity (Wildman–Crippen MR) is 76.6 cm³/mol. The van der Waals surface area contributed by atoms with E-state index in [1.54, 1.807) is 24.3 Å². The van der Waals surface area contributed by atoms with Gasteiger partial charge in [0.1, 0.15) is 0 Å². The molecule has 0 aromatic heterocycles. The van der Waals surface area contributed by atoms with Crippen LogP contribution in [-0.4, -0.2) is 31.7 Å². The summed E-state index contributed by atoms with van der Waals surface area (Å²) < 4.78 is 37.2. The third kappa shape index (κ3) is 3.49. The number of alkyl halides is 3. The molecule has 2 rings (SSSR count). The first-order valence-corrected chi connectivity index (χ1v) is 7.02. The fourth-order valence-corrected chi connectivity index (χ4v) is 2.66. The van der Waals surface area contributed by atoms with Gasteiger partial charge in [0.05, 0.1) is 0 Å². The van der Waals surface area contributed by atoms with Crippen molar-refractivity contribution in [1.29, 1.82) is 0 Å². The zero-order chi connectivity index (χ0) is 15.6. The monoisotopic (exact) mass is 300 g/mol. The van der Waals surface area contributed by atoms with E-state index in [9.17, 15) is 18.0 Å². The molecule has 1 aromatic rings. The third-order valence-corrected chi connectivity index (χ3v) is 3.92. The quantitative estimate of drug-likeness (QED) is 0.833. The average molecular weight is 300 g/mol. The number of rotatable bonds is 2. The maximum atomic E-state index is 12.4. The molecule has 116 valence electrons. The normalized spacial score (nSPS) is 19.5. The van der Waals surface area contributed by atoms with Crippen molar-refractivity contribution >= 4 is 17.3 Å². The summed E-state index contributed by atoms with van der Waals surface area (Å²) in [5, 5.41) is 0. The summed E-state index contributed by atoms with van der Waals surface area (Å²) in [4.78, 5) is 14.1. The first-order valence-electron chi connectivity index (χ1n) is 7.02. The number of anilines is 2. The standard InChI is InChI=1S/C15H19F3N2O/c1-11-5-3-4-10-20(11)13-8-6-12(7-9-13)19(2)14(21)15(16,17)18/h6-9,11H,3-5,10H2,1-2H3/t11-/m1/s1. The largest absolute Gasteiger partial charge is 0.471 e. The molecule has 1 amide bonds. The Bertz CT molecular complexity index is 499. The van der Waals surface area contributed by atoms with Gasteiger partial charge in [-0.05, 0) is 50.5 Å². The molecule has 1 aromatic carbocycles. The summed E-state index contributed by atoms with van der Waals surface area (Å²) in [5.74, 6) is -1.86. The van der Waals surface area contributed by atoms with Crippen LogP contribution in [-0.2, 0) is 4.79 Å². The van der Waals surface area contributed by atoms with Crippen LogP contribution < -0.4 is 9.80 Å². The number of piperidine rings is 1. The molecule has 3 nitrogen and oxygen atoms in total. The second kappa shape index (κ2) is 5.95. The van der Waals surface area contributed by atoms with Gasteiger partial charge in [0.15, 0.2) is 0 Å². The lowest BCUT2D eigenvalue weighted by molar-refractivity contribution is -0.170. The number of halogens is 3. The van der Waals surface area contributed by atoms with Crippen LogP contribution in [0.5, 0.6) is 0 Å². The highest BCUT2D eigenvalue weighted by Gasteiger charge is 2.41. The highest BCUT2D eigenvalue weighted by atomic mass is 19.4. The molecule has 1 heterocycles. The maximum Gasteiger partial charge on any atom is 0.471 e. The predicted octanol–water partition coefficient (Wildman–Crippen LogP) is 3.59. The summed E-state index contributed by atoms with van der Waals surface area (Å²) in [6.07, 6.45) is -1.40. The topological polar surface area (TPSA) is 23.6 Å². The van der Waals surface area contributed by atoms with E-state index in [4.69, 9.17) is 0 Å². The van der Waals surface area contributed by atoms with Gasteiger partial charge in [-0.3, -0.25) is 4.79 Å². The van der Waals surface area contributed by atoms with Crippen molar-refractivity contribution in [3.05, 3.63) is 24.3 Å². The Balaban J connectivity index is 2.13. The number of nitrogens with zero attached hydrogens (tertiary/aromatic N) is 2. The van der Waals surface area contributed by atoms with Crippen molar-refractivity contribution in [2.75, 3.05) is 23.4 Å². The number of hydrogen-bond donors (Lipinski definition) is 0. The first kappa shape index (κ1) is 15.7. The van der Waals surface area contributed by atoms with Gasteiger partial charge < -0.3 is 9.80 Å². The van der Waals surface area contributed by atoms with E-state index >= 15 is 0 Å². The Kier molecular flexibility index (Phi) is 4.44. The Morgan fingerprint density at radius 3 is 2.38 bits per heavy atom. The minimum absolute atomic E-state index is 0.241. The molecule has 1 fully saturated rings. The van der Waals surface area contributed by atoms with E-state index in [-0.39, 0.29) is 5.69 Å². The Labute approximate surface area is 122 Å². The van der Waals surface area contributed by atoms with Crippen LogP contribution in [0.4, 0.5) is 24.5 Å². The molecule has 1 aliphatic heterocycles. The van der Waals surface area contributed by atoms with E-state index in [0.717, 1.165) is 32.1 Å². The van der Waals surface area contributed by atoms with Crippen LogP contribution in [0.15, 0.2) is 24.3 Å². The molecule has 0 radical (unpaired) electrons. The fraction of sp³-hybridized carbons (Fsp3) is 0.533. The van der Waals surface area contributed by atoms with Crippen LogP contribution in [0.3, 0.4) is 0 Å². The average Bonchev–Trinajstić information content (AvgIpc) is 2.45. The van der Waals surface area contributed by atoms with Crippen molar-refractivity contribution in [2.45, 2.75) is 38.4 Å². The van der Waals surface area contributed by atoms with Gasteiger partial charge in [0, 0.05) is 31.0 Å². The van der Waals surface area contributed by atoms with Crippen molar-refractivity contribution in [3.63, 3.8) is 0 Å². The molecule has 0 spiro atoms. The summed E-state index contributed by atoms with van der Waals surface area (Å²) in [7, 11) is 1.13. The molecular weight excluding hydrogens is 281 g/mol. The molecule has 0 bridgehead atoms. The molecule has 0 N–H and O–H groups in total. The number of carbonyl (C=O) groups is 1. The number of hydrogen-bond acceptors (Lipinski definition) is 2. The minimum Gasteiger partial charge on any atom is -0.369 e. The zero-order valence-electron chi connectivity index (χ0n) is 12.2. The van der Waals surface area contributed by atoms with Crippen molar-refractivity contribution in [2.24, 2.45) is 0 Å². The highest BCUT2D eigenvalue weighted by molar-refractivity contribution is 5.96. The fourth-order valence-electron chi connectivity index (χ4n) is 2.66. The van der Waals surface area contributed by atoms with Crippen LogP contribution in [0, 0.1) is 0 Å². The summed E-state index contributed by atoms with van der Waals surface area (Å²) >= 11 is 0. The van der Waals surface area contributed by atoms with Crippen molar-refractivity contribution in [1.82, 2.24) is 0 Å². The zero-order valence-corrected chi connectivity index (χ0v) is 12.2. The smallest absolute Gasteiger partial charge is 0.369 e. The lowest BCUT2D eigenvalue weighted by atomic mass is 10.0. The van der Waals surface area contributed by atoms with Gasteiger partial charge in [-0.25, -0.2) is 0 Å². The van der Waals surface area contributed by atoms with E-state index in [0.29, 0.717) is 10.9 Å². The van der Waals surface area contributed by atoms with Gasteiger partial charge in [-0.2, -0.15) is 13.2 Å². The van der Waals surface area contributed by atoms with E-state index in [1.807, 2.05) is 0 Å². The van der Waals surface area contributed by atoms with Crippen LogP contribution >= 0.6 is 0 Å². The van der Waals surface area contributed by atoms with Crippen LogP contribution in [0.1, 0.15) is 26.2 Å². The number of benzene rings is 1. The lowest BCUT2D eigenvalue weighted by Gasteiger charge is -2.35. The van der Waals surface area contributed by atoms with Gasteiger partial charge in [-0.1, -0.05) is 0 Å². The molecule has 6 heteroatoms. The van der Waals surface area contributed by atoms with Gasteiger partial charge in [0.2, 0.25) is 0 Å². The Morgan fingerprint density at radius 1 is 1.24 bits per heavy atom. The van der Waals surface area contributed by atoms with Crippen molar-refractivity contribution in [3.8, 4) is 0 Å². The second-order valence-corrected chi connectivity index (χ2v) is 5.42. The van der Waals surface area contributed by atoms with Gasteiger partial charge in [0.25, 0.3) is 0 Å². The summed E-state index contributed by atoms with van der Waals surface area (Å²) in [6, 6.07) is 7.09. The molecule has 0 unspecified atom stereocenters. The maximum absolute atomic E-state index is 12.4. The minimum atomic E-state index is -4.85. The van der Waals surface area contributed by atoms with E-state index in [2.05, 4.69) is 11.8 Å². The molecule has 1 atom stereocenters. The second-order valence-electron chi connectivity index (χ2n) is 5.42. The molecule has 1 saturated heterocycles. The summed E-state index contributed by atoms with van der Waals surface area (Å²) in [6.45, 7) is 3.10. The number of amides is 1. The Morgan fingerprint density at radius 2 is 1.86 bits per heavy atom. The molecule has 1 aliphatic rings. The van der Waals surface area contributed by atoms with E-state index in [1.165, 1.54) is 6.42 Å². The molecule has 0 saturated carbocycles. The SMILES string of the molecule is C[C@@H]1CCCCN1c1ccc(N(C)C(=O)C(F)(F)F)cc1. The van der Waals surface area contributed by atoms with Crippen LogP contribution in [0.25, 0.3) is 0 Å². The molecule has 0 aliphatic carbocycles. The highest BCUT2D eigenvalue weighted by Crippen LogP contribution is 2.28. The lowest BCUT2D eigenvalue weighted by Crippen LogP contribution is -2.39. The third-order valence-electron chi connectivity index (χ3n) is 3.92. The van der Waals surface area contributed by atoms with Gasteiger partial charge >= 0.3 is 12.1 Å². The Hall–Kier alpha value is -1.72. The molecular formula is C15H19F3N2O. The van der Waals surface area contributed by atoms with Crippen molar-refractivity contribution < 1.29 is 18.0 Å². The molecule has 21 heavy (non-hydrogen) atoms. The summed E-state index contributed by atoms with van der Waals surface area (Å²) in [5.41, 5.74) is 1.23.